The van der Waals surface area contributed by atoms with E-state index in [0.29, 0.717) is 25.1 Å². The molecule has 1 atom stereocenters. The number of hydrogen-bond donors (Lipinski definition) is 1. The van der Waals surface area contributed by atoms with Gasteiger partial charge in [0.2, 0.25) is 5.91 Å². The fraction of sp³-hybridized carbons (Fsp3) is 0.917. The second-order valence-electron chi connectivity index (χ2n) is 4.81. The molecule has 1 aliphatic carbocycles. The average Bonchev–Trinajstić information content (AvgIpc) is 3.00. The van der Waals surface area contributed by atoms with Gasteiger partial charge in [-0.25, -0.2) is 0 Å². The van der Waals surface area contributed by atoms with Crippen LogP contribution in [0.2, 0.25) is 0 Å². The Labute approximate surface area is 97.3 Å². The minimum Gasteiger partial charge on any atom is -0.384 e. The van der Waals surface area contributed by atoms with Crippen LogP contribution in [0.5, 0.6) is 0 Å². The lowest BCUT2D eigenvalue weighted by molar-refractivity contribution is -0.133. The maximum Gasteiger partial charge on any atom is 0.225 e. The summed E-state index contributed by atoms with van der Waals surface area (Å²) < 4.78 is 4.97. The summed E-state index contributed by atoms with van der Waals surface area (Å²) >= 11 is 0. The quantitative estimate of drug-likeness (QED) is 0.727. The number of nitrogens with zero attached hydrogens (tertiary/aromatic N) is 1. The fourth-order valence-electron chi connectivity index (χ4n) is 2.32. The van der Waals surface area contributed by atoms with Gasteiger partial charge in [0.1, 0.15) is 0 Å². The lowest BCUT2D eigenvalue weighted by Gasteiger charge is -2.25. The Morgan fingerprint density at radius 1 is 1.44 bits per heavy atom. The van der Waals surface area contributed by atoms with Crippen LogP contribution in [0.4, 0.5) is 0 Å². The first-order chi connectivity index (χ1) is 7.81. The Bertz CT molecular complexity index is 235. The predicted molar refractivity (Wildman–Crippen MR) is 62.3 cm³/mol. The van der Waals surface area contributed by atoms with Gasteiger partial charge in [-0.1, -0.05) is 0 Å². The van der Waals surface area contributed by atoms with Crippen LogP contribution in [0.3, 0.4) is 0 Å². The summed E-state index contributed by atoms with van der Waals surface area (Å²) in [6.45, 7) is 2.54. The summed E-state index contributed by atoms with van der Waals surface area (Å²) in [7, 11) is 1.65. The van der Waals surface area contributed by atoms with Gasteiger partial charge in [-0.15, -0.1) is 0 Å². The normalized spacial score (nSPS) is 24.7. The minimum absolute atomic E-state index is 0.262. The zero-order valence-electron chi connectivity index (χ0n) is 10.1. The van der Waals surface area contributed by atoms with Gasteiger partial charge >= 0.3 is 0 Å². The molecule has 1 aliphatic heterocycles. The summed E-state index contributed by atoms with van der Waals surface area (Å²) in [5.74, 6) is 0.262. The van der Waals surface area contributed by atoms with Crippen LogP contribution in [0.25, 0.3) is 0 Å². The van der Waals surface area contributed by atoms with E-state index in [2.05, 4.69) is 10.2 Å². The fourth-order valence-corrected chi connectivity index (χ4v) is 2.32. The van der Waals surface area contributed by atoms with Gasteiger partial charge < -0.3 is 15.0 Å². The minimum atomic E-state index is 0.262. The monoisotopic (exact) mass is 226 g/mol. The highest BCUT2D eigenvalue weighted by Gasteiger charge is 2.34. The van der Waals surface area contributed by atoms with Crippen LogP contribution in [0.1, 0.15) is 32.1 Å². The number of nitrogens with one attached hydrogen (secondary N) is 1. The summed E-state index contributed by atoms with van der Waals surface area (Å²) in [6.07, 6.45) is 5.35. The Hall–Kier alpha value is -0.610. The molecule has 1 N–H and O–H groups in total. The smallest absolute Gasteiger partial charge is 0.225 e. The molecular formula is C12H22N2O2. The lowest BCUT2D eigenvalue weighted by Crippen LogP contribution is -2.42. The van der Waals surface area contributed by atoms with Crippen molar-refractivity contribution in [3.8, 4) is 0 Å². The highest BCUT2D eigenvalue weighted by atomic mass is 16.5. The molecule has 0 spiro atoms. The molecule has 0 aromatic carbocycles. The van der Waals surface area contributed by atoms with Gasteiger partial charge in [0.25, 0.3) is 0 Å². The van der Waals surface area contributed by atoms with E-state index in [1.165, 1.54) is 25.7 Å². The number of hydrogen-bond acceptors (Lipinski definition) is 3. The number of rotatable bonds is 6. The Balaban J connectivity index is 1.81. The number of ether oxygens (including phenoxy) is 1. The van der Waals surface area contributed by atoms with Crippen molar-refractivity contribution in [1.82, 2.24) is 10.2 Å². The highest BCUT2D eigenvalue weighted by molar-refractivity contribution is 5.77. The SMILES string of the molecule is COCCC(=O)N(CC1CCCN1)C1CC1. The number of amides is 1. The molecule has 92 valence electrons. The predicted octanol–water partition coefficient (Wildman–Crippen LogP) is 0.766. The third-order valence-corrected chi connectivity index (χ3v) is 3.41. The van der Waals surface area contributed by atoms with Crippen molar-refractivity contribution in [1.29, 1.82) is 0 Å². The van der Waals surface area contributed by atoms with Crippen LogP contribution in [-0.2, 0) is 9.53 Å². The van der Waals surface area contributed by atoms with E-state index < -0.39 is 0 Å². The lowest BCUT2D eigenvalue weighted by atomic mass is 10.2. The molecule has 2 fully saturated rings. The zero-order valence-corrected chi connectivity index (χ0v) is 10.1. The van der Waals surface area contributed by atoms with Gasteiger partial charge in [-0.05, 0) is 32.2 Å². The van der Waals surface area contributed by atoms with Crippen molar-refractivity contribution >= 4 is 5.91 Å². The molecule has 1 saturated heterocycles. The van der Waals surface area contributed by atoms with Crippen LogP contribution in [-0.4, -0.2) is 49.7 Å². The zero-order chi connectivity index (χ0) is 11.4. The molecule has 0 aromatic rings. The van der Waals surface area contributed by atoms with Crippen molar-refractivity contribution < 1.29 is 9.53 Å². The molecule has 2 rings (SSSR count). The van der Waals surface area contributed by atoms with Crippen molar-refractivity contribution in [3.05, 3.63) is 0 Å². The van der Waals surface area contributed by atoms with Gasteiger partial charge in [-0.2, -0.15) is 0 Å². The topological polar surface area (TPSA) is 41.6 Å². The molecule has 16 heavy (non-hydrogen) atoms. The van der Waals surface area contributed by atoms with Gasteiger partial charge in [0.05, 0.1) is 13.0 Å². The first-order valence-corrected chi connectivity index (χ1v) is 6.33. The van der Waals surface area contributed by atoms with Crippen LogP contribution in [0.15, 0.2) is 0 Å². The van der Waals surface area contributed by atoms with Crippen molar-refractivity contribution in [2.24, 2.45) is 0 Å². The largest absolute Gasteiger partial charge is 0.384 e. The van der Waals surface area contributed by atoms with Gasteiger partial charge in [0, 0.05) is 25.7 Å². The van der Waals surface area contributed by atoms with Gasteiger partial charge in [0.15, 0.2) is 0 Å². The summed E-state index contributed by atoms with van der Waals surface area (Å²) in [5.41, 5.74) is 0. The third kappa shape index (κ3) is 3.19. The maximum absolute atomic E-state index is 12.0. The molecule has 4 nitrogen and oxygen atoms in total. The Morgan fingerprint density at radius 2 is 2.25 bits per heavy atom. The second kappa shape index (κ2) is 5.64. The van der Waals surface area contributed by atoms with Crippen LogP contribution < -0.4 is 5.32 Å². The van der Waals surface area contributed by atoms with E-state index >= 15 is 0 Å². The average molecular weight is 226 g/mol. The second-order valence-corrected chi connectivity index (χ2v) is 4.81. The molecule has 4 heteroatoms. The molecule has 1 saturated carbocycles. The summed E-state index contributed by atoms with van der Waals surface area (Å²) in [5, 5.41) is 3.46. The summed E-state index contributed by atoms with van der Waals surface area (Å²) in [6, 6.07) is 1.04. The molecule has 1 heterocycles. The van der Waals surface area contributed by atoms with Crippen LogP contribution >= 0.6 is 0 Å². The van der Waals surface area contributed by atoms with E-state index in [1.54, 1.807) is 7.11 Å². The molecule has 2 aliphatic rings. The molecular weight excluding hydrogens is 204 g/mol. The first-order valence-electron chi connectivity index (χ1n) is 6.33. The van der Waals surface area contributed by atoms with E-state index in [0.717, 1.165) is 13.1 Å². The molecule has 0 aromatic heterocycles. The first kappa shape index (κ1) is 11.9. The van der Waals surface area contributed by atoms with E-state index in [9.17, 15) is 4.79 Å². The standard InChI is InChI=1S/C12H22N2O2/c1-16-8-6-12(15)14(11-4-5-11)9-10-3-2-7-13-10/h10-11,13H,2-9H2,1H3. The van der Waals surface area contributed by atoms with E-state index in [1.807, 2.05) is 0 Å². The van der Waals surface area contributed by atoms with Crippen molar-refractivity contribution in [3.63, 3.8) is 0 Å². The van der Waals surface area contributed by atoms with Crippen LogP contribution in [0, 0.1) is 0 Å². The molecule has 0 radical (unpaired) electrons. The maximum atomic E-state index is 12.0. The van der Waals surface area contributed by atoms with E-state index in [-0.39, 0.29) is 5.91 Å². The highest BCUT2D eigenvalue weighted by Crippen LogP contribution is 2.28. The number of carbonyl (C=O) groups excluding carboxylic acids is 1. The third-order valence-electron chi connectivity index (χ3n) is 3.41. The summed E-state index contributed by atoms with van der Waals surface area (Å²) in [4.78, 5) is 14.1. The van der Waals surface area contributed by atoms with E-state index in [4.69, 9.17) is 4.74 Å². The van der Waals surface area contributed by atoms with Gasteiger partial charge in [-0.3, -0.25) is 4.79 Å². The Kier molecular flexibility index (Phi) is 4.18. The number of carbonyl (C=O) groups is 1. The van der Waals surface area contributed by atoms with Crippen molar-refractivity contribution in [2.45, 2.75) is 44.2 Å². The Morgan fingerprint density at radius 3 is 2.81 bits per heavy atom. The molecule has 0 bridgehead atoms. The van der Waals surface area contributed by atoms with Crippen molar-refractivity contribution in [2.75, 3.05) is 26.8 Å². The molecule has 1 unspecified atom stereocenters. The number of methoxy groups -OCH3 is 1. The molecule has 1 amide bonds.